The number of rotatable bonds is 11. The number of carbonyl (C=O) groups is 2. The molecule has 17 heteroatoms. The first-order valence-corrected chi connectivity index (χ1v) is 21.9. The van der Waals surface area contributed by atoms with Crippen molar-refractivity contribution in [1.29, 1.82) is 0 Å². The first-order chi connectivity index (χ1) is 28.3. The lowest BCUT2D eigenvalue weighted by Gasteiger charge is -2.27. The van der Waals surface area contributed by atoms with Gasteiger partial charge < -0.3 is 31.6 Å². The van der Waals surface area contributed by atoms with Crippen molar-refractivity contribution in [3.05, 3.63) is 149 Å². The topological polar surface area (TPSA) is 235 Å². The summed E-state index contributed by atoms with van der Waals surface area (Å²) in [5.74, 6) is -0.235. The second kappa shape index (κ2) is 18.4. The highest BCUT2D eigenvalue weighted by molar-refractivity contribution is 7.89. The number of amides is 2. The Morgan fingerprint density at radius 3 is 1.54 bits per heavy atom. The molecule has 2 aliphatic rings. The summed E-state index contributed by atoms with van der Waals surface area (Å²) in [6.07, 6.45) is 1.60. The highest BCUT2D eigenvalue weighted by Crippen LogP contribution is 2.30. The number of hydrogen-bond acceptors (Lipinski definition) is 11. The molecule has 15 nitrogen and oxygen atoms in total. The largest absolute Gasteiger partial charge is 0.490 e. The summed E-state index contributed by atoms with van der Waals surface area (Å²) in [6.45, 7) is 7.65. The number of nitrogens with one attached hydrogen (secondary N) is 2. The van der Waals surface area contributed by atoms with E-state index in [-0.39, 0.29) is 55.6 Å². The number of nitrogens with two attached hydrogens (primary N) is 2. The second-order valence-electron chi connectivity index (χ2n) is 15.4. The van der Waals surface area contributed by atoms with Crippen molar-refractivity contribution in [2.24, 2.45) is 20.3 Å². The molecular formula is C44H49N7O8S2. The Bertz CT molecular complexity index is 2700. The van der Waals surface area contributed by atoms with Crippen LogP contribution < -0.4 is 31.6 Å². The average Bonchev–Trinajstić information content (AvgIpc) is 3.19. The van der Waals surface area contributed by atoms with Crippen molar-refractivity contribution >= 4 is 43.5 Å². The number of benzene rings is 4. The molecule has 0 unspecified atom stereocenters. The first kappa shape index (κ1) is 45.5. The lowest BCUT2D eigenvalue weighted by molar-refractivity contribution is 0.0872. The summed E-state index contributed by atoms with van der Waals surface area (Å²) >= 11 is 0. The minimum absolute atomic E-state index is 0. The standard InChI is InChI=1S/C24H24N4O4S.C19H21N3O4S.CH4/c1-24(2,15-32-20-10-6-9-18-14-33(30,31)28-22(25)21(18)20)27-23(29)17-11-12-26-19(13-17)16-7-4-3-5-8-16;1-19(2,21-18(23)13-7-4-3-5-8-13)12-26-15-10-6-9-14-11-27(24,25)22-17(20)16(14)15;/h3-13H,14-15H2,1-2H3,(H2,25,28)(H,27,29);3-10H,11-12H2,1-2H3,(H2,20,22)(H,21,23);1H4. The molecule has 0 bridgehead atoms. The molecule has 2 aliphatic heterocycles. The molecule has 320 valence electrons. The van der Waals surface area contributed by atoms with Crippen molar-refractivity contribution in [3.8, 4) is 22.8 Å². The molecule has 0 radical (unpaired) electrons. The maximum atomic E-state index is 12.9. The molecule has 1 aromatic heterocycles. The number of carbonyl (C=O) groups excluding carboxylic acids is 2. The second-order valence-corrected chi connectivity index (χ2v) is 18.7. The SMILES string of the molecule is C.CC(C)(COc1cccc2c1C(N)=NS(=O)(=O)C2)NC(=O)c1ccccc1.CC(C)(COc1cccc2c1C(N)=NS(=O)(=O)C2)NC(=O)c1ccnc(-c2ccccc2)c1. The molecule has 0 saturated carbocycles. The van der Waals surface area contributed by atoms with Crippen molar-refractivity contribution in [1.82, 2.24) is 15.6 Å². The molecule has 0 aliphatic carbocycles. The molecule has 5 aromatic rings. The monoisotopic (exact) mass is 867 g/mol. The van der Waals surface area contributed by atoms with Gasteiger partial charge in [-0.1, -0.05) is 80.2 Å². The van der Waals surface area contributed by atoms with Gasteiger partial charge in [-0.15, -0.1) is 8.80 Å². The highest BCUT2D eigenvalue weighted by atomic mass is 32.2. The van der Waals surface area contributed by atoms with E-state index in [9.17, 15) is 26.4 Å². The van der Waals surface area contributed by atoms with E-state index in [1.807, 2.05) is 64.1 Å². The Labute approximate surface area is 356 Å². The van der Waals surface area contributed by atoms with Crippen molar-refractivity contribution in [2.75, 3.05) is 13.2 Å². The number of aromatic nitrogens is 1. The first-order valence-electron chi connectivity index (χ1n) is 18.7. The van der Waals surface area contributed by atoms with Gasteiger partial charge in [0.1, 0.15) is 36.4 Å². The highest BCUT2D eigenvalue weighted by Gasteiger charge is 2.29. The average molecular weight is 868 g/mol. The molecule has 0 atom stereocenters. The van der Waals surface area contributed by atoms with Crippen LogP contribution in [0.4, 0.5) is 0 Å². The number of pyridine rings is 1. The van der Waals surface area contributed by atoms with Crippen LogP contribution in [0.2, 0.25) is 0 Å². The van der Waals surface area contributed by atoms with E-state index in [0.717, 1.165) is 5.56 Å². The summed E-state index contributed by atoms with van der Waals surface area (Å²) in [6, 6.07) is 32.1. The van der Waals surface area contributed by atoms with E-state index in [1.165, 1.54) is 0 Å². The van der Waals surface area contributed by atoms with E-state index in [1.54, 1.807) is 79.0 Å². The Hall–Kier alpha value is -6.59. The van der Waals surface area contributed by atoms with E-state index >= 15 is 0 Å². The van der Waals surface area contributed by atoms with Crippen molar-refractivity contribution < 1.29 is 35.9 Å². The summed E-state index contributed by atoms with van der Waals surface area (Å²) in [5, 5.41) is 5.90. The quantitative estimate of drug-likeness (QED) is 0.132. The van der Waals surface area contributed by atoms with E-state index in [0.29, 0.717) is 50.6 Å². The maximum absolute atomic E-state index is 12.9. The van der Waals surface area contributed by atoms with Crippen LogP contribution >= 0.6 is 0 Å². The summed E-state index contributed by atoms with van der Waals surface area (Å²) in [4.78, 5) is 29.6. The van der Waals surface area contributed by atoms with Gasteiger partial charge in [0.2, 0.25) is 0 Å². The van der Waals surface area contributed by atoms with Crippen LogP contribution in [-0.4, -0.2) is 69.6 Å². The van der Waals surface area contributed by atoms with Crippen LogP contribution in [-0.2, 0) is 31.6 Å². The molecule has 4 aromatic carbocycles. The van der Waals surface area contributed by atoms with Gasteiger partial charge in [0.15, 0.2) is 0 Å². The van der Waals surface area contributed by atoms with Crippen LogP contribution in [0, 0.1) is 0 Å². The number of sulfonamides is 2. The van der Waals surface area contributed by atoms with Gasteiger partial charge in [0.25, 0.3) is 31.9 Å². The maximum Gasteiger partial charge on any atom is 0.259 e. The number of amidine groups is 2. The van der Waals surface area contributed by atoms with E-state index < -0.39 is 31.1 Å². The van der Waals surface area contributed by atoms with Crippen LogP contribution in [0.1, 0.15) is 78.1 Å². The van der Waals surface area contributed by atoms with Crippen LogP contribution in [0.25, 0.3) is 11.3 Å². The predicted octanol–water partition coefficient (Wildman–Crippen LogP) is 5.34. The van der Waals surface area contributed by atoms with Gasteiger partial charge in [0, 0.05) is 22.9 Å². The van der Waals surface area contributed by atoms with Crippen LogP contribution in [0.15, 0.2) is 124 Å². The fraction of sp³-hybridized carbons (Fsp3) is 0.250. The summed E-state index contributed by atoms with van der Waals surface area (Å²) in [7, 11) is -7.23. The fourth-order valence-corrected chi connectivity index (χ4v) is 8.52. The Morgan fingerprint density at radius 1 is 0.623 bits per heavy atom. The summed E-state index contributed by atoms with van der Waals surface area (Å²) < 4.78 is 66.2. The Balaban J connectivity index is 0.000000232. The number of nitrogens with zero attached hydrogens (tertiary/aromatic N) is 3. The van der Waals surface area contributed by atoms with Gasteiger partial charge in [0.05, 0.1) is 39.4 Å². The van der Waals surface area contributed by atoms with Crippen molar-refractivity contribution in [3.63, 3.8) is 0 Å². The molecule has 7 rings (SSSR count). The molecule has 0 saturated heterocycles. The molecule has 3 heterocycles. The van der Waals surface area contributed by atoms with Gasteiger partial charge in [-0.05, 0) is 75.2 Å². The van der Waals surface area contributed by atoms with E-state index in [2.05, 4.69) is 24.4 Å². The van der Waals surface area contributed by atoms with Gasteiger partial charge in [-0.25, -0.2) is 16.8 Å². The zero-order valence-electron chi connectivity index (χ0n) is 33.4. The molecule has 6 N–H and O–H groups in total. The Morgan fingerprint density at radius 2 is 1.07 bits per heavy atom. The van der Waals surface area contributed by atoms with Gasteiger partial charge >= 0.3 is 0 Å². The molecule has 61 heavy (non-hydrogen) atoms. The number of hydrogen-bond donors (Lipinski definition) is 4. The lowest BCUT2D eigenvalue weighted by atomic mass is 10.0. The van der Waals surface area contributed by atoms with Crippen LogP contribution in [0.3, 0.4) is 0 Å². The van der Waals surface area contributed by atoms with Crippen molar-refractivity contribution in [2.45, 2.75) is 57.7 Å². The lowest BCUT2D eigenvalue weighted by Crippen LogP contribution is -2.48. The zero-order chi connectivity index (χ0) is 43.3. The third kappa shape index (κ3) is 11.8. The van der Waals surface area contributed by atoms with Gasteiger partial charge in [-0.3, -0.25) is 14.6 Å². The molecule has 2 amide bonds. The number of fused-ring (bicyclic) bond motifs is 2. The third-order valence-corrected chi connectivity index (χ3v) is 11.4. The molecule has 0 spiro atoms. The van der Waals surface area contributed by atoms with Gasteiger partial charge in [-0.2, -0.15) is 0 Å². The smallest absolute Gasteiger partial charge is 0.259 e. The Kier molecular flexibility index (Phi) is 13.7. The van der Waals surface area contributed by atoms with E-state index in [4.69, 9.17) is 20.9 Å². The minimum Gasteiger partial charge on any atom is -0.490 e. The normalized spacial score (nSPS) is 14.8. The molecule has 0 fully saturated rings. The summed E-state index contributed by atoms with van der Waals surface area (Å²) in [5.41, 5.74) is 15.0. The number of ether oxygens (including phenoxy) is 2. The zero-order valence-corrected chi connectivity index (χ0v) is 35.0. The fourth-order valence-electron chi connectivity index (χ4n) is 6.34. The minimum atomic E-state index is -3.63. The van der Waals surface area contributed by atoms with Crippen LogP contribution in [0.5, 0.6) is 11.5 Å². The predicted molar refractivity (Wildman–Crippen MR) is 237 cm³/mol. The third-order valence-electron chi connectivity index (χ3n) is 9.10. The molecular weight excluding hydrogens is 819 g/mol.